The third-order valence-corrected chi connectivity index (χ3v) is 6.52. The minimum Gasteiger partial charge on any atom is -0.383 e. The summed E-state index contributed by atoms with van der Waals surface area (Å²) in [6.45, 7) is 1.50. The molecule has 3 N–H and O–H groups in total. The Labute approximate surface area is 159 Å². The first-order valence-electron chi connectivity index (χ1n) is 10.0. The van der Waals surface area contributed by atoms with Gasteiger partial charge in [0.15, 0.2) is 0 Å². The van der Waals surface area contributed by atoms with E-state index < -0.39 is 4.92 Å². The molecule has 7 nitrogen and oxygen atoms in total. The number of nitro benzene ring substituents is 1. The van der Waals surface area contributed by atoms with Gasteiger partial charge in [-0.25, -0.2) is 0 Å². The molecule has 1 aromatic carbocycles. The van der Waals surface area contributed by atoms with E-state index in [1.165, 1.54) is 50.7 Å². The second-order valence-electron chi connectivity index (χ2n) is 8.63. The van der Waals surface area contributed by atoms with Gasteiger partial charge in [-0.15, -0.1) is 0 Å². The maximum absolute atomic E-state index is 12.2. The molecule has 4 aliphatic carbocycles. The lowest BCUT2D eigenvalue weighted by atomic mass is 9.53. The quantitative estimate of drug-likeness (QED) is 0.370. The highest BCUT2D eigenvalue weighted by Gasteiger charge is 2.50. The van der Waals surface area contributed by atoms with Crippen LogP contribution < -0.4 is 16.0 Å². The highest BCUT2D eigenvalue weighted by molar-refractivity contribution is 5.78. The SMILES string of the molecule is O=C(CNC12CC3CC(CC(C3)C1)C2)NCCNc1ccc([N+](=O)[O-])cc1. The van der Waals surface area contributed by atoms with Crippen LogP contribution in [-0.4, -0.2) is 36.0 Å². The molecule has 0 atom stereocenters. The fraction of sp³-hybridized carbons (Fsp3) is 0.650. The molecule has 0 saturated heterocycles. The number of amides is 1. The maximum Gasteiger partial charge on any atom is 0.269 e. The third kappa shape index (κ3) is 4.24. The van der Waals surface area contributed by atoms with Crippen LogP contribution in [0.5, 0.6) is 0 Å². The minimum absolute atomic E-state index is 0.0382. The van der Waals surface area contributed by atoms with E-state index in [0.29, 0.717) is 19.6 Å². The van der Waals surface area contributed by atoms with Crippen LogP contribution >= 0.6 is 0 Å². The topological polar surface area (TPSA) is 96.3 Å². The summed E-state index contributed by atoms with van der Waals surface area (Å²) in [7, 11) is 0. The molecule has 4 aliphatic rings. The largest absolute Gasteiger partial charge is 0.383 e. The number of rotatable bonds is 8. The van der Waals surface area contributed by atoms with Gasteiger partial charge in [-0.1, -0.05) is 0 Å². The lowest BCUT2D eigenvalue weighted by Crippen LogP contribution is -2.59. The first kappa shape index (κ1) is 18.2. The van der Waals surface area contributed by atoms with Crippen molar-refractivity contribution < 1.29 is 9.72 Å². The predicted molar refractivity (Wildman–Crippen MR) is 104 cm³/mol. The van der Waals surface area contributed by atoms with Crippen molar-refractivity contribution in [3.63, 3.8) is 0 Å². The van der Waals surface area contributed by atoms with Gasteiger partial charge in [0.2, 0.25) is 5.91 Å². The molecule has 0 heterocycles. The molecule has 0 aromatic heterocycles. The summed E-state index contributed by atoms with van der Waals surface area (Å²) >= 11 is 0. The van der Waals surface area contributed by atoms with E-state index in [0.717, 1.165) is 23.4 Å². The summed E-state index contributed by atoms with van der Waals surface area (Å²) in [5.41, 5.74) is 1.09. The summed E-state index contributed by atoms with van der Waals surface area (Å²) in [6.07, 6.45) is 7.94. The Morgan fingerprint density at radius 1 is 1.04 bits per heavy atom. The van der Waals surface area contributed by atoms with Gasteiger partial charge < -0.3 is 16.0 Å². The number of carbonyl (C=O) groups excluding carboxylic acids is 1. The van der Waals surface area contributed by atoms with Crippen molar-refractivity contribution in [2.45, 2.75) is 44.1 Å². The van der Waals surface area contributed by atoms with Gasteiger partial charge in [-0.05, 0) is 68.4 Å². The molecule has 4 fully saturated rings. The molecule has 1 aromatic rings. The van der Waals surface area contributed by atoms with E-state index in [1.807, 2.05) is 0 Å². The molecule has 1 amide bonds. The maximum atomic E-state index is 12.2. The number of benzene rings is 1. The molecule has 0 unspecified atom stereocenters. The Kier molecular flexibility index (Phi) is 5.04. The van der Waals surface area contributed by atoms with Crippen LogP contribution in [-0.2, 0) is 4.79 Å². The van der Waals surface area contributed by atoms with Gasteiger partial charge in [-0.2, -0.15) is 0 Å². The Hall–Kier alpha value is -2.15. The van der Waals surface area contributed by atoms with Crippen molar-refractivity contribution in [3.05, 3.63) is 34.4 Å². The fourth-order valence-electron chi connectivity index (χ4n) is 5.77. The van der Waals surface area contributed by atoms with Gasteiger partial charge in [0.25, 0.3) is 5.69 Å². The molecule has 4 bridgehead atoms. The molecular formula is C20H28N4O3. The monoisotopic (exact) mass is 372 g/mol. The van der Waals surface area contributed by atoms with Crippen LogP contribution in [0.4, 0.5) is 11.4 Å². The zero-order valence-corrected chi connectivity index (χ0v) is 15.6. The zero-order valence-electron chi connectivity index (χ0n) is 15.6. The lowest BCUT2D eigenvalue weighted by Gasteiger charge is -2.57. The number of carbonyl (C=O) groups is 1. The molecule has 0 aliphatic heterocycles. The molecule has 7 heteroatoms. The van der Waals surface area contributed by atoms with Crippen molar-refractivity contribution in [2.75, 3.05) is 25.0 Å². The van der Waals surface area contributed by atoms with Crippen molar-refractivity contribution in [1.82, 2.24) is 10.6 Å². The molecule has 4 saturated carbocycles. The van der Waals surface area contributed by atoms with Crippen LogP contribution in [0.1, 0.15) is 38.5 Å². The summed E-state index contributed by atoms with van der Waals surface area (Å²) in [5, 5.41) is 20.3. The Morgan fingerprint density at radius 3 is 2.19 bits per heavy atom. The highest BCUT2D eigenvalue weighted by atomic mass is 16.6. The van der Waals surface area contributed by atoms with Crippen LogP contribution in [0.15, 0.2) is 24.3 Å². The van der Waals surface area contributed by atoms with Gasteiger partial charge in [0.05, 0.1) is 11.5 Å². The average molecular weight is 372 g/mol. The predicted octanol–water partition coefficient (Wildman–Crippen LogP) is 2.68. The summed E-state index contributed by atoms with van der Waals surface area (Å²) in [6, 6.07) is 6.29. The smallest absolute Gasteiger partial charge is 0.269 e. The number of nitrogens with zero attached hydrogens (tertiary/aromatic N) is 1. The van der Waals surface area contributed by atoms with Crippen molar-refractivity contribution in [3.8, 4) is 0 Å². The van der Waals surface area contributed by atoms with Crippen LogP contribution in [0.25, 0.3) is 0 Å². The van der Waals surface area contributed by atoms with Crippen LogP contribution in [0.2, 0.25) is 0 Å². The van der Waals surface area contributed by atoms with E-state index in [9.17, 15) is 14.9 Å². The van der Waals surface area contributed by atoms with Crippen LogP contribution in [0.3, 0.4) is 0 Å². The van der Waals surface area contributed by atoms with E-state index in [-0.39, 0.29) is 17.1 Å². The fourth-order valence-corrected chi connectivity index (χ4v) is 5.77. The number of nitrogens with one attached hydrogen (secondary N) is 3. The zero-order chi connectivity index (χ0) is 18.9. The van der Waals surface area contributed by atoms with Crippen LogP contribution in [0, 0.1) is 27.9 Å². The number of hydrogen-bond acceptors (Lipinski definition) is 5. The number of nitro groups is 1. The molecular weight excluding hydrogens is 344 g/mol. The van der Waals surface area contributed by atoms with E-state index in [2.05, 4.69) is 16.0 Å². The number of anilines is 1. The first-order chi connectivity index (χ1) is 13.0. The Balaban J connectivity index is 1.16. The van der Waals surface area contributed by atoms with Gasteiger partial charge >= 0.3 is 0 Å². The van der Waals surface area contributed by atoms with Gasteiger partial charge in [0.1, 0.15) is 0 Å². The van der Waals surface area contributed by atoms with Gasteiger partial charge in [0, 0.05) is 36.4 Å². The summed E-state index contributed by atoms with van der Waals surface area (Å²) < 4.78 is 0. The van der Waals surface area contributed by atoms with Gasteiger partial charge in [-0.3, -0.25) is 14.9 Å². The minimum atomic E-state index is -0.416. The number of hydrogen-bond donors (Lipinski definition) is 3. The average Bonchev–Trinajstić information content (AvgIpc) is 2.63. The van der Waals surface area contributed by atoms with E-state index in [1.54, 1.807) is 12.1 Å². The van der Waals surface area contributed by atoms with Crippen molar-refractivity contribution in [1.29, 1.82) is 0 Å². The lowest BCUT2D eigenvalue weighted by molar-refractivity contribution is -0.384. The molecule has 146 valence electrons. The second-order valence-corrected chi connectivity index (χ2v) is 8.63. The molecule has 0 radical (unpaired) electrons. The molecule has 27 heavy (non-hydrogen) atoms. The Morgan fingerprint density at radius 2 is 1.63 bits per heavy atom. The third-order valence-electron chi connectivity index (χ3n) is 6.52. The second kappa shape index (κ2) is 7.46. The first-order valence-corrected chi connectivity index (χ1v) is 10.0. The summed E-state index contributed by atoms with van der Waals surface area (Å²) in [5.74, 6) is 2.66. The molecule has 5 rings (SSSR count). The molecule has 0 spiro atoms. The Bertz CT molecular complexity index is 668. The summed E-state index contributed by atoms with van der Waals surface area (Å²) in [4.78, 5) is 22.4. The van der Waals surface area contributed by atoms with E-state index >= 15 is 0 Å². The van der Waals surface area contributed by atoms with E-state index in [4.69, 9.17) is 0 Å². The van der Waals surface area contributed by atoms with Crippen molar-refractivity contribution in [2.24, 2.45) is 17.8 Å². The number of non-ortho nitro benzene ring substituents is 1. The normalized spacial score (nSPS) is 30.9. The van der Waals surface area contributed by atoms with Crippen molar-refractivity contribution >= 4 is 17.3 Å². The highest BCUT2D eigenvalue weighted by Crippen LogP contribution is 2.55. The standard InChI is InChI=1S/C20H28N4O3/c25-19(22-6-5-21-17-1-3-18(4-2-17)24(26)27)13-23-20-10-14-7-15(11-20)9-16(8-14)12-20/h1-4,14-16,21,23H,5-13H2,(H,22,25).